The molecule has 2 N–H and O–H groups in total. The van der Waals surface area contributed by atoms with E-state index >= 15 is 0 Å². The lowest BCUT2D eigenvalue weighted by atomic mass is 9.89. The molecule has 5 rings (SSSR count). The zero-order chi connectivity index (χ0) is 26.8. The quantitative estimate of drug-likeness (QED) is 0.274. The largest absolute Gasteiger partial charge is 0.322 e. The maximum Gasteiger partial charge on any atom is 0.253 e. The second kappa shape index (κ2) is 11.2. The molecular formula is C31H31N3O2S2. The molecule has 5 nitrogen and oxygen atoms in total. The molecule has 2 aliphatic rings. The van der Waals surface area contributed by atoms with E-state index in [2.05, 4.69) is 12.2 Å². The summed E-state index contributed by atoms with van der Waals surface area (Å²) >= 11 is 2.96. The number of para-hydroxylation sites is 1. The highest BCUT2D eigenvalue weighted by atomic mass is 32.2. The maximum absolute atomic E-state index is 13.6. The number of hydrogen-bond donors (Lipinski definition) is 2. The number of allylic oxidation sites excluding steroid dienone is 2. The molecular weight excluding hydrogens is 510 g/mol. The number of Topliss-reactive ketones (excluding diaryl/α,β-unsaturated/α-hetero) is 1. The molecule has 7 heteroatoms. The number of anilines is 1. The third-order valence-corrected chi connectivity index (χ3v) is 9.49. The van der Waals surface area contributed by atoms with Gasteiger partial charge in [-0.1, -0.05) is 67.6 Å². The molecule has 0 radical (unpaired) electrons. The molecule has 0 aliphatic carbocycles. The van der Waals surface area contributed by atoms with Crippen molar-refractivity contribution < 1.29 is 9.59 Å². The minimum Gasteiger partial charge on any atom is -0.322 e. The Balaban J connectivity index is 1.39. The molecule has 2 aromatic carbocycles. The Bertz CT molecular complexity index is 1480. The molecule has 1 amide bonds. The number of benzene rings is 2. The van der Waals surface area contributed by atoms with E-state index in [1.807, 2.05) is 85.3 Å². The molecule has 1 aromatic heterocycles. The van der Waals surface area contributed by atoms with Gasteiger partial charge in [0.2, 0.25) is 0 Å². The number of aryl methyl sites for hydroxylation is 2. The van der Waals surface area contributed by atoms with Crippen LogP contribution in [-0.2, 0) is 11.2 Å². The second-order valence-corrected chi connectivity index (χ2v) is 12.1. The van der Waals surface area contributed by atoms with Crippen molar-refractivity contribution in [1.82, 2.24) is 4.57 Å². The van der Waals surface area contributed by atoms with Gasteiger partial charge in [0.05, 0.1) is 15.9 Å². The molecule has 3 aromatic rings. The van der Waals surface area contributed by atoms with Crippen molar-refractivity contribution in [2.75, 3.05) is 11.1 Å². The van der Waals surface area contributed by atoms with E-state index in [-0.39, 0.29) is 23.4 Å². The standard InChI is InChI=1S/C31H31N3O2S2/c1-4-5-10-21-13-15-22(16-14-21)25(35)18-37-31-28-27(24-12-8-17-34(24)29(28)32)26(20(3)38-31)30(36)33-23-11-7-6-9-19(23)2/h6-9,11-17,27,32H,4-5,10,18H2,1-3H3,(H,33,36). The summed E-state index contributed by atoms with van der Waals surface area (Å²) in [4.78, 5) is 27.6. The number of nitrogens with one attached hydrogen (secondary N) is 2. The van der Waals surface area contributed by atoms with Gasteiger partial charge in [-0.3, -0.25) is 15.0 Å². The number of unbranched alkanes of at least 4 members (excludes halogenated alkanes) is 1. The molecule has 0 fully saturated rings. The van der Waals surface area contributed by atoms with Gasteiger partial charge in [-0.25, -0.2) is 0 Å². The van der Waals surface area contributed by atoms with E-state index in [1.54, 1.807) is 0 Å². The number of rotatable bonds is 9. The number of amides is 1. The fourth-order valence-electron chi connectivity index (χ4n) is 4.96. The van der Waals surface area contributed by atoms with Gasteiger partial charge in [0, 0.05) is 34.3 Å². The Labute approximate surface area is 232 Å². The van der Waals surface area contributed by atoms with Crippen LogP contribution in [0.15, 0.2) is 87.1 Å². The van der Waals surface area contributed by atoms with E-state index in [9.17, 15) is 9.59 Å². The Morgan fingerprint density at radius 1 is 1.05 bits per heavy atom. The van der Waals surface area contributed by atoms with Crippen LogP contribution in [-0.4, -0.2) is 27.8 Å². The Kier molecular flexibility index (Phi) is 7.77. The number of thioether (sulfide) groups is 2. The number of carbonyl (C=O) groups excluding carboxylic acids is 2. The van der Waals surface area contributed by atoms with Crippen LogP contribution >= 0.6 is 23.5 Å². The number of fused-ring (bicyclic) bond motifs is 3. The summed E-state index contributed by atoms with van der Waals surface area (Å²) < 4.78 is 2.76. The monoisotopic (exact) mass is 541 g/mol. The lowest BCUT2D eigenvalue weighted by Gasteiger charge is -2.26. The molecule has 0 saturated heterocycles. The minimum absolute atomic E-state index is 0.0659. The maximum atomic E-state index is 13.6. The molecule has 38 heavy (non-hydrogen) atoms. The van der Waals surface area contributed by atoms with Crippen LogP contribution in [0.3, 0.4) is 0 Å². The van der Waals surface area contributed by atoms with Gasteiger partial charge in [-0.05, 0) is 60.9 Å². The van der Waals surface area contributed by atoms with E-state index in [1.165, 1.54) is 29.1 Å². The molecule has 0 saturated carbocycles. The molecule has 3 heterocycles. The number of ketones is 1. The summed E-state index contributed by atoms with van der Waals surface area (Å²) in [6.45, 7) is 6.11. The van der Waals surface area contributed by atoms with Gasteiger partial charge < -0.3 is 9.88 Å². The molecule has 1 atom stereocenters. The third-order valence-electron chi connectivity index (χ3n) is 7.06. The van der Waals surface area contributed by atoms with E-state index in [0.717, 1.165) is 50.9 Å². The molecule has 1 unspecified atom stereocenters. The van der Waals surface area contributed by atoms with Gasteiger partial charge in [0.25, 0.3) is 5.91 Å². The van der Waals surface area contributed by atoms with Crippen LogP contribution in [0.4, 0.5) is 5.69 Å². The van der Waals surface area contributed by atoms with Crippen LogP contribution in [0.1, 0.15) is 59.8 Å². The van der Waals surface area contributed by atoms with E-state index < -0.39 is 0 Å². The SMILES string of the molecule is CCCCc1ccc(C(=O)CSC2=C3C(=N)n4cccc4C3C(C(=O)Nc3ccccc3C)=C(C)S2)cc1. The van der Waals surface area contributed by atoms with Crippen molar-refractivity contribution in [2.24, 2.45) is 0 Å². The van der Waals surface area contributed by atoms with Crippen molar-refractivity contribution in [3.05, 3.63) is 110 Å². The molecule has 0 bridgehead atoms. The first-order valence-electron chi connectivity index (χ1n) is 12.9. The van der Waals surface area contributed by atoms with Crippen LogP contribution in [0.25, 0.3) is 0 Å². The van der Waals surface area contributed by atoms with Gasteiger partial charge in [0.1, 0.15) is 5.84 Å². The van der Waals surface area contributed by atoms with Crippen LogP contribution in [0, 0.1) is 12.3 Å². The average Bonchev–Trinajstić information content (AvgIpc) is 3.50. The van der Waals surface area contributed by atoms with Gasteiger partial charge >= 0.3 is 0 Å². The van der Waals surface area contributed by atoms with Crippen LogP contribution in [0.5, 0.6) is 0 Å². The van der Waals surface area contributed by atoms with Crippen molar-refractivity contribution in [1.29, 1.82) is 5.41 Å². The Morgan fingerprint density at radius 3 is 2.55 bits per heavy atom. The van der Waals surface area contributed by atoms with E-state index in [0.29, 0.717) is 17.0 Å². The van der Waals surface area contributed by atoms with Gasteiger partial charge in [-0.15, -0.1) is 11.8 Å². The predicted octanol–water partition coefficient (Wildman–Crippen LogP) is 7.55. The highest BCUT2D eigenvalue weighted by Crippen LogP contribution is 2.53. The lowest BCUT2D eigenvalue weighted by molar-refractivity contribution is -0.113. The summed E-state index contributed by atoms with van der Waals surface area (Å²) in [6.07, 6.45) is 5.19. The topological polar surface area (TPSA) is 75.0 Å². The van der Waals surface area contributed by atoms with Crippen molar-refractivity contribution in [3.63, 3.8) is 0 Å². The van der Waals surface area contributed by atoms with Crippen molar-refractivity contribution >= 4 is 46.7 Å². The fourth-order valence-corrected chi connectivity index (χ4v) is 7.47. The number of carbonyl (C=O) groups is 2. The second-order valence-electron chi connectivity index (χ2n) is 9.64. The summed E-state index contributed by atoms with van der Waals surface area (Å²) in [5.41, 5.74) is 6.11. The lowest BCUT2D eigenvalue weighted by Crippen LogP contribution is -2.23. The van der Waals surface area contributed by atoms with Crippen LogP contribution < -0.4 is 5.32 Å². The number of nitrogens with zero attached hydrogens (tertiary/aromatic N) is 1. The smallest absolute Gasteiger partial charge is 0.253 e. The van der Waals surface area contributed by atoms with Crippen LogP contribution in [0.2, 0.25) is 0 Å². The third kappa shape index (κ3) is 5.05. The highest BCUT2D eigenvalue weighted by molar-refractivity contribution is 8.24. The summed E-state index contributed by atoms with van der Waals surface area (Å²) in [5, 5.41) is 12.0. The van der Waals surface area contributed by atoms with Crippen molar-refractivity contribution in [2.45, 2.75) is 46.0 Å². The van der Waals surface area contributed by atoms with Gasteiger partial charge in [-0.2, -0.15) is 0 Å². The number of aromatic nitrogens is 1. The number of hydrogen-bond acceptors (Lipinski definition) is 5. The minimum atomic E-state index is -0.335. The molecule has 0 spiro atoms. The fraction of sp³-hybridized carbons (Fsp3) is 0.258. The van der Waals surface area contributed by atoms with E-state index in [4.69, 9.17) is 5.41 Å². The predicted molar refractivity (Wildman–Crippen MR) is 159 cm³/mol. The summed E-state index contributed by atoms with van der Waals surface area (Å²) in [6, 6.07) is 19.6. The molecule has 194 valence electrons. The zero-order valence-corrected chi connectivity index (χ0v) is 23.5. The summed E-state index contributed by atoms with van der Waals surface area (Å²) in [5.74, 6) is 0.228. The van der Waals surface area contributed by atoms with Crippen molar-refractivity contribution in [3.8, 4) is 0 Å². The molecule has 2 aliphatic heterocycles. The Morgan fingerprint density at radius 2 is 1.82 bits per heavy atom. The average molecular weight is 542 g/mol. The first kappa shape index (κ1) is 26.3. The highest BCUT2D eigenvalue weighted by Gasteiger charge is 2.43. The normalized spacial score (nSPS) is 16.5. The zero-order valence-electron chi connectivity index (χ0n) is 21.8. The Hall–Kier alpha value is -3.29. The first-order chi connectivity index (χ1) is 18.4. The van der Waals surface area contributed by atoms with Gasteiger partial charge in [0.15, 0.2) is 5.78 Å². The first-order valence-corrected chi connectivity index (χ1v) is 14.7. The summed E-state index contributed by atoms with van der Waals surface area (Å²) in [7, 11) is 0.